The molecular formula is C8H8BF3NO-. The van der Waals surface area contributed by atoms with Gasteiger partial charge in [-0.25, -0.2) is 0 Å². The van der Waals surface area contributed by atoms with Crippen LogP contribution in [0.3, 0.4) is 0 Å². The van der Waals surface area contributed by atoms with Crippen LogP contribution in [0.25, 0.3) is 6.08 Å². The molecule has 0 atom stereocenters. The first-order valence-electron chi connectivity index (χ1n) is 3.96. The first-order chi connectivity index (χ1) is 6.53. The highest BCUT2D eigenvalue weighted by Gasteiger charge is 2.17. The summed E-state index contributed by atoms with van der Waals surface area (Å²) < 4.78 is 35.6. The first-order valence-corrected chi connectivity index (χ1v) is 3.96. The van der Waals surface area contributed by atoms with Crippen molar-refractivity contribution in [1.29, 1.82) is 0 Å². The average Bonchev–Trinajstić information content (AvgIpc) is 2.14. The summed E-state index contributed by atoms with van der Waals surface area (Å²) in [6.45, 7) is -5.24. The second-order valence-corrected chi connectivity index (χ2v) is 2.72. The molecule has 0 aromatic carbocycles. The molecule has 0 bridgehead atoms. The number of pyridine rings is 1. The number of halogens is 3. The van der Waals surface area contributed by atoms with Crippen molar-refractivity contribution in [3.8, 4) is 0 Å². The molecule has 0 fully saturated rings. The second kappa shape index (κ2) is 4.28. The van der Waals surface area contributed by atoms with E-state index in [1.165, 1.54) is 18.5 Å². The highest BCUT2D eigenvalue weighted by Crippen LogP contribution is 2.14. The SMILES string of the molecule is OCc1ccncc1/C=C/[B-](F)(F)F. The quantitative estimate of drug-likeness (QED) is 0.760. The van der Waals surface area contributed by atoms with Crippen LogP contribution in [0.2, 0.25) is 0 Å². The Labute approximate surface area is 79.2 Å². The largest absolute Gasteiger partial charge is 0.502 e. The third kappa shape index (κ3) is 3.22. The normalized spacial score (nSPS) is 12.3. The fraction of sp³-hybridized carbons (Fsp3) is 0.125. The summed E-state index contributed by atoms with van der Waals surface area (Å²) in [6.07, 6.45) is 3.62. The van der Waals surface area contributed by atoms with Crippen LogP contribution in [-0.2, 0) is 6.61 Å². The standard InChI is InChI=1S/C8H8BF3NO/c10-9(11,12)3-1-7-5-13-4-2-8(7)6-14/h1-5,14H,6H2/q-1/b3-1+. The van der Waals surface area contributed by atoms with Crippen molar-refractivity contribution in [2.45, 2.75) is 6.61 Å². The Bertz CT molecular complexity index is 338. The number of aromatic nitrogens is 1. The lowest BCUT2D eigenvalue weighted by Gasteiger charge is -2.07. The van der Waals surface area contributed by atoms with E-state index in [9.17, 15) is 12.9 Å². The number of hydrogen-bond acceptors (Lipinski definition) is 2. The molecule has 6 heteroatoms. The van der Waals surface area contributed by atoms with Crippen LogP contribution in [0, 0.1) is 0 Å². The van der Waals surface area contributed by atoms with E-state index in [0.29, 0.717) is 5.56 Å². The van der Waals surface area contributed by atoms with Crippen LogP contribution in [-0.4, -0.2) is 17.1 Å². The van der Waals surface area contributed by atoms with Crippen molar-refractivity contribution in [2.75, 3.05) is 0 Å². The molecule has 2 nitrogen and oxygen atoms in total. The Morgan fingerprint density at radius 1 is 1.43 bits per heavy atom. The Kier molecular flexibility index (Phi) is 3.30. The molecule has 1 aromatic rings. The van der Waals surface area contributed by atoms with Gasteiger partial charge in [0.15, 0.2) is 0 Å². The van der Waals surface area contributed by atoms with Gasteiger partial charge in [0, 0.05) is 12.4 Å². The van der Waals surface area contributed by atoms with Gasteiger partial charge in [0.05, 0.1) is 6.61 Å². The predicted molar refractivity (Wildman–Crippen MR) is 48.3 cm³/mol. The average molecular weight is 202 g/mol. The molecule has 0 aliphatic rings. The van der Waals surface area contributed by atoms with Crippen LogP contribution in [0.5, 0.6) is 0 Å². The summed E-state index contributed by atoms with van der Waals surface area (Å²) in [7, 11) is 0. The molecule has 0 saturated heterocycles. The zero-order chi connectivity index (χ0) is 10.6. The minimum Gasteiger partial charge on any atom is -0.445 e. The van der Waals surface area contributed by atoms with Crippen molar-refractivity contribution in [3.05, 3.63) is 35.6 Å². The van der Waals surface area contributed by atoms with Gasteiger partial charge < -0.3 is 18.1 Å². The zero-order valence-electron chi connectivity index (χ0n) is 7.20. The van der Waals surface area contributed by atoms with Gasteiger partial charge in [0.2, 0.25) is 0 Å². The molecule has 1 aromatic heterocycles. The number of nitrogens with zero attached hydrogens (tertiary/aromatic N) is 1. The molecule has 0 saturated carbocycles. The maximum absolute atomic E-state index is 11.9. The monoisotopic (exact) mass is 202 g/mol. The zero-order valence-corrected chi connectivity index (χ0v) is 7.20. The van der Waals surface area contributed by atoms with E-state index in [2.05, 4.69) is 4.98 Å². The minimum atomic E-state index is -4.94. The molecule has 0 amide bonds. The maximum atomic E-state index is 11.9. The molecule has 1 N–H and O–H groups in total. The van der Waals surface area contributed by atoms with Gasteiger partial charge in [-0.15, -0.1) is 5.98 Å². The van der Waals surface area contributed by atoms with Crippen LogP contribution in [0.15, 0.2) is 24.4 Å². The topological polar surface area (TPSA) is 33.1 Å². The maximum Gasteiger partial charge on any atom is 0.502 e. The third-order valence-corrected chi connectivity index (χ3v) is 1.61. The van der Waals surface area contributed by atoms with E-state index >= 15 is 0 Å². The number of aliphatic hydroxyl groups is 1. The number of hydrogen-bond donors (Lipinski definition) is 1. The molecule has 0 aliphatic heterocycles. The van der Waals surface area contributed by atoms with Crippen molar-refractivity contribution in [3.63, 3.8) is 0 Å². The lowest BCUT2D eigenvalue weighted by atomic mass is 9.90. The highest BCUT2D eigenvalue weighted by molar-refractivity contribution is 6.64. The van der Waals surface area contributed by atoms with E-state index in [4.69, 9.17) is 5.11 Å². The molecule has 14 heavy (non-hydrogen) atoms. The van der Waals surface area contributed by atoms with Gasteiger partial charge in [0.25, 0.3) is 0 Å². The molecular weight excluding hydrogens is 194 g/mol. The van der Waals surface area contributed by atoms with E-state index < -0.39 is 6.98 Å². The Balaban J connectivity index is 2.91. The van der Waals surface area contributed by atoms with Crippen LogP contribution >= 0.6 is 0 Å². The summed E-state index contributed by atoms with van der Waals surface area (Å²) in [5.41, 5.74) is 0.713. The molecule has 1 heterocycles. The lowest BCUT2D eigenvalue weighted by Crippen LogP contribution is -2.09. The fourth-order valence-electron chi connectivity index (χ4n) is 0.942. The molecule has 0 unspecified atom stereocenters. The minimum absolute atomic E-state index is 0.177. The van der Waals surface area contributed by atoms with Crippen molar-refractivity contribution >= 4 is 13.1 Å². The van der Waals surface area contributed by atoms with Crippen molar-refractivity contribution in [2.24, 2.45) is 0 Å². The Morgan fingerprint density at radius 3 is 2.71 bits per heavy atom. The molecule has 1 rings (SSSR count). The first kappa shape index (κ1) is 10.8. The van der Waals surface area contributed by atoms with Gasteiger partial charge in [0.1, 0.15) is 0 Å². The van der Waals surface area contributed by atoms with Gasteiger partial charge in [-0.05, 0) is 17.2 Å². The van der Waals surface area contributed by atoms with Gasteiger partial charge >= 0.3 is 6.98 Å². The summed E-state index contributed by atoms with van der Waals surface area (Å²) in [6, 6.07) is 1.48. The Morgan fingerprint density at radius 2 is 2.14 bits per heavy atom. The van der Waals surface area contributed by atoms with Gasteiger partial charge in [-0.3, -0.25) is 4.98 Å². The van der Waals surface area contributed by atoms with Crippen LogP contribution < -0.4 is 0 Å². The molecule has 0 radical (unpaired) electrons. The number of rotatable bonds is 3. The van der Waals surface area contributed by atoms with Crippen molar-refractivity contribution < 1.29 is 18.1 Å². The predicted octanol–water partition coefficient (Wildman–Crippen LogP) is 1.97. The smallest absolute Gasteiger partial charge is 0.445 e. The fourth-order valence-corrected chi connectivity index (χ4v) is 0.942. The Hall–Kier alpha value is -1.30. The lowest BCUT2D eigenvalue weighted by molar-refractivity contribution is 0.281. The van der Waals surface area contributed by atoms with Crippen LogP contribution in [0.1, 0.15) is 11.1 Å². The summed E-state index contributed by atoms with van der Waals surface area (Å²) in [5, 5.41) is 8.81. The number of aliphatic hydroxyl groups excluding tert-OH is 1. The molecule has 0 aliphatic carbocycles. The highest BCUT2D eigenvalue weighted by atomic mass is 19.4. The molecule has 0 spiro atoms. The van der Waals surface area contributed by atoms with Crippen LogP contribution in [0.4, 0.5) is 12.9 Å². The summed E-state index contributed by atoms with van der Waals surface area (Å²) in [5.74, 6) is 0.177. The molecule has 76 valence electrons. The summed E-state index contributed by atoms with van der Waals surface area (Å²) in [4.78, 5) is 3.67. The van der Waals surface area contributed by atoms with Crippen molar-refractivity contribution in [1.82, 2.24) is 4.98 Å². The second-order valence-electron chi connectivity index (χ2n) is 2.72. The van der Waals surface area contributed by atoms with E-state index in [1.54, 1.807) is 0 Å². The van der Waals surface area contributed by atoms with Gasteiger partial charge in [-0.2, -0.15) is 0 Å². The van der Waals surface area contributed by atoms with Gasteiger partial charge in [-0.1, -0.05) is 6.08 Å². The van der Waals surface area contributed by atoms with E-state index in [1.807, 2.05) is 0 Å². The third-order valence-electron chi connectivity index (χ3n) is 1.61. The summed E-state index contributed by atoms with van der Waals surface area (Å²) >= 11 is 0. The van der Waals surface area contributed by atoms with E-state index in [0.717, 1.165) is 6.08 Å². The van der Waals surface area contributed by atoms with E-state index in [-0.39, 0.29) is 18.1 Å².